The van der Waals surface area contributed by atoms with Crippen molar-refractivity contribution < 1.29 is 9.53 Å². The van der Waals surface area contributed by atoms with Crippen molar-refractivity contribution in [3.63, 3.8) is 0 Å². The molecule has 1 atom stereocenters. The van der Waals surface area contributed by atoms with Gasteiger partial charge in [-0.25, -0.2) is 0 Å². The Morgan fingerprint density at radius 3 is 2.36 bits per heavy atom. The molecule has 0 aliphatic carbocycles. The van der Waals surface area contributed by atoms with E-state index in [4.69, 9.17) is 4.74 Å². The smallest absolute Gasteiger partial charge is 0.293 e. The average molecular weight is 196 g/mol. The molecule has 0 radical (unpaired) electrons. The van der Waals surface area contributed by atoms with E-state index < -0.39 is 5.60 Å². The number of carbonyl (C=O) groups excluding carboxylic acids is 1. The van der Waals surface area contributed by atoms with E-state index in [1.807, 2.05) is 6.92 Å². The predicted molar refractivity (Wildman–Crippen MR) is 59.0 cm³/mol. The third-order valence-electron chi connectivity index (χ3n) is 2.60. The molecular formula is C12H20O2. The van der Waals surface area contributed by atoms with Gasteiger partial charge in [0.05, 0.1) is 0 Å². The van der Waals surface area contributed by atoms with Crippen LogP contribution in [0.5, 0.6) is 0 Å². The Bertz CT molecular complexity index is 237. The first-order valence-corrected chi connectivity index (χ1v) is 4.83. The monoisotopic (exact) mass is 196 g/mol. The minimum atomic E-state index is -0.529. The van der Waals surface area contributed by atoms with Crippen LogP contribution in [0.15, 0.2) is 23.8 Å². The molecule has 80 valence electrons. The van der Waals surface area contributed by atoms with Gasteiger partial charge < -0.3 is 4.74 Å². The van der Waals surface area contributed by atoms with Gasteiger partial charge in [-0.1, -0.05) is 17.7 Å². The van der Waals surface area contributed by atoms with Crippen LogP contribution in [0.4, 0.5) is 0 Å². The Morgan fingerprint density at radius 2 is 2.00 bits per heavy atom. The molecule has 0 aliphatic heterocycles. The second-order valence-electron chi connectivity index (χ2n) is 4.01. The summed E-state index contributed by atoms with van der Waals surface area (Å²) in [6.07, 6.45) is 3.39. The topological polar surface area (TPSA) is 26.3 Å². The zero-order chi connectivity index (χ0) is 11.2. The summed E-state index contributed by atoms with van der Waals surface area (Å²) in [5, 5.41) is 0. The molecule has 0 rings (SSSR count). The predicted octanol–water partition coefficient (Wildman–Crippen LogP) is 3.24. The van der Waals surface area contributed by atoms with Crippen molar-refractivity contribution in [1.29, 1.82) is 0 Å². The van der Waals surface area contributed by atoms with Gasteiger partial charge in [0, 0.05) is 0 Å². The first kappa shape index (κ1) is 12.9. The third kappa shape index (κ3) is 4.26. The maximum absolute atomic E-state index is 10.3. The summed E-state index contributed by atoms with van der Waals surface area (Å²) in [6.45, 7) is 12.3. The normalized spacial score (nSPS) is 14.0. The Kier molecular flexibility index (Phi) is 5.21. The fourth-order valence-electron chi connectivity index (χ4n) is 1.00. The lowest BCUT2D eigenvalue weighted by atomic mass is 9.96. The zero-order valence-corrected chi connectivity index (χ0v) is 9.59. The Labute approximate surface area is 86.6 Å². The summed E-state index contributed by atoms with van der Waals surface area (Å²) in [7, 11) is 0. The highest BCUT2D eigenvalue weighted by molar-refractivity contribution is 5.39. The van der Waals surface area contributed by atoms with Crippen LogP contribution in [0.2, 0.25) is 0 Å². The molecule has 0 aromatic rings. The van der Waals surface area contributed by atoms with E-state index in [2.05, 4.69) is 27.4 Å². The Morgan fingerprint density at radius 1 is 1.43 bits per heavy atom. The van der Waals surface area contributed by atoms with E-state index in [0.29, 0.717) is 6.47 Å². The number of hydrogen-bond acceptors (Lipinski definition) is 2. The second-order valence-corrected chi connectivity index (χ2v) is 4.01. The van der Waals surface area contributed by atoms with Crippen LogP contribution in [0.1, 0.15) is 40.5 Å². The largest absolute Gasteiger partial charge is 0.457 e. The van der Waals surface area contributed by atoms with E-state index in [1.54, 1.807) is 6.08 Å². The van der Waals surface area contributed by atoms with Crippen LogP contribution in [0.3, 0.4) is 0 Å². The molecule has 2 heteroatoms. The van der Waals surface area contributed by atoms with Gasteiger partial charge in [-0.2, -0.15) is 0 Å². The quantitative estimate of drug-likeness (QED) is 0.481. The molecule has 0 saturated carbocycles. The summed E-state index contributed by atoms with van der Waals surface area (Å²) < 4.78 is 4.99. The van der Waals surface area contributed by atoms with E-state index in [0.717, 1.165) is 12.8 Å². The van der Waals surface area contributed by atoms with E-state index in [1.165, 1.54) is 11.1 Å². The molecule has 0 amide bonds. The van der Waals surface area contributed by atoms with Crippen molar-refractivity contribution >= 4 is 6.47 Å². The summed E-state index contributed by atoms with van der Waals surface area (Å²) in [5.41, 5.74) is 2.13. The third-order valence-corrected chi connectivity index (χ3v) is 2.60. The van der Waals surface area contributed by atoms with Gasteiger partial charge >= 0.3 is 0 Å². The van der Waals surface area contributed by atoms with Gasteiger partial charge in [0.15, 0.2) is 0 Å². The molecule has 0 fully saturated rings. The number of hydrogen-bond donors (Lipinski definition) is 0. The lowest BCUT2D eigenvalue weighted by Gasteiger charge is -2.23. The van der Waals surface area contributed by atoms with Gasteiger partial charge in [-0.15, -0.1) is 0 Å². The summed E-state index contributed by atoms with van der Waals surface area (Å²) in [4.78, 5) is 10.3. The molecule has 0 N–H and O–H groups in total. The molecule has 1 unspecified atom stereocenters. The van der Waals surface area contributed by atoms with Crippen molar-refractivity contribution in [2.45, 2.75) is 46.1 Å². The van der Waals surface area contributed by atoms with Gasteiger partial charge in [-0.3, -0.25) is 4.79 Å². The molecule has 0 heterocycles. The maximum atomic E-state index is 10.3. The van der Waals surface area contributed by atoms with Crippen molar-refractivity contribution in [2.75, 3.05) is 0 Å². The van der Waals surface area contributed by atoms with Crippen molar-refractivity contribution in [2.24, 2.45) is 0 Å². The highest BCUT2D eigenvalue weighted by Crippen LogP contribution is 2.22. The fourth-order valence-corrected chi connectivity index (χ4v) is 1.00. The van der Waals surface area contributed by atoms with Gasteiger partial charge in [0.2, 0.25) is 0 Å². The van der Waals surface area contributed by atoms with Crippen LogP contribution in [0.25, 0.3) is 0 Å². The maximum Gasteiger partial charge on any atom is 0.293 e. The van der Waals surface area contributed by atoms with Crippen molar-refractivity contribution in [1.82, 2.24) is 0 Å². The van der Waals surface area contributed by atoms with Crippen LogP contribution in [-0.2, 0) is 9.53 Å². The highest BCUT2D eigenvalue weighted by atomic mass is 16.5. The molecule has 2 nitrogen and oxygen atoms in total. The van der Waals surface area contributed by atoms with Crippen LogP contribution < -0.4 is 0 Å². The summed E-state index contributed by atoms with van der Waals surface area (Å²) >= 11 is 0. The lowest BCUT2D eigenvalue weighted by Crippen LogP contribution is -2.25. The van der Waals surface area contributed by atoms with Crippen LogP contribution >= 0.6 is 0 Å². The first-order chi connectivity index (χ1) is 6.45. The molecular weight excluding hydrogens is 176 g/mol. The van der Waals surface area contributed by atoms with Crippen molar-refractivity contribution in [3.8, 4) is 0 Å². The van der Waals surface area contributed by atoms with Gasteiger partial charge in [-0.05, 0) is 46.6 Å². The molecule has 0 spiro atoms. The van der Waals surface area contributed by atoms with Crippen LogP contribution in [-0.4, -0.2) is 12.1 Å². The Hall–Kier alpha value is -1.05. The highest BCUT2D eigenvalue weighted by Gasteiger charge is 2.20. The van der Waals surface area contributed by atoms with Crippen molar-refractivity contribution in [3.05, 3.63) is 23.8 Å². The summed E-state index contributed by atoms with van der Waals surface area (Å²) in [5.74, 6) is 0. The molecule has 0 aliphatic rings. The standard InChI is InChI=1S/C12H20O2/c1-6-12(5,14-9-13)8-7-11(4)10(2)3/h6,9H,1,7-8H2,2-5H3. The minimum absolute atomic E-state index is 0.486. The van der Waals surface area contributed by atoms with E-state index in [-0.39, 0.29) is 0 Å². The lowest BCUT2D eigenvalue weighted by molar-refractivity contribution is -0.138. The van der Waals surface area contributed by atoms with E-state index >= 15 is 0 Å². The summed E-state index contributed by atoms with van der Waals surface area (Å²) in [6, 6.07) is 0. The average Bonchev–Trinajstić information content (AvgIpc) is 2.14. The van der Waals surface area contributed by atoms with Crippen LogP contribution in [0, 0.1) is 0 Å². The number of ether oxygens (including phenoxy) is 1. The molecule has 0 saturated heterocycles. The van der Waals surface area contributed by atoms with E-state index in [9.17, 15) is 4.79 Å². The van der Waals surface area contributed by atoms with Gasteiger partial charge in [0.1, 0.15) is 5.60 Å². The number of rotatable bonds is 6. The molecule has 14 heavy (non-hydrogen) atoms. The SMILES string of the molecule is C=CC(C)(CCC(C)=C(C)C)OC=O. The fraction of sp³-hybridized carbons (Fsp3) is 0.583. The first-order valence-electron chi connectivity index (χ1n) is 4.83. The number of carbonyl (C=O) groups is 1. The van der Waals surface area contributed by atoms with Gasteiger partial charge in [0.25, 0.3) is 6.47 Å². The zero-order valence-electron chi connectivity index (χ0n) is 9.59. The second kappa shape index (κ2) is 5.63. The molecule has 0 bridgehead atoms. The molecule has 0 aromatic carbocycles. The minimum Gasteiger partial charge on any atom is -0.457 e. The Balaban J connectivity index is 4.28. The number of allylic oxidation sites excluding steroid dienone is 2. The molecule has 0 aromatic heterocycles.